The minimum Gasteiger partial charge on any atom is -0.299 e. The second-order valence-electron chi connectivity index (χ2n) is 3.56. The SMILES string of the molecule is C/C=C/CCC(=O)C1CCCC1. The van der Waals surface area contributed by atoms with Gasteiger partial charge in [-0.3, -0.25) is 4.79 Å². The van der Waals surface area contributed by atoms with Gasteiger partial charge in [0.05, 0.1) is 0 Å². The van der Waals surface area contributed by atoms with Crippen molar-refractivity contribution >= 4 is 5.78 Å². The van der Waals surface area contributed by atoms with Gasteiger partial charge in [-0.25, -0.2) is 0 Å². The minimum atomic E-state index is 0.412. The smallest absolute Gasteiger partial charge is 0.136 e. The molecule has 0 amide bonds. The van der Waals surface area contributed by atoms with Crippen LogP contribution in [0.4, 0.5) is 0 Å². The lowest BCUT2D eigenvalue weighted by Crippen LogP contribution is -2.09. The lowest BCUT2D eigenvalue weighted by Gasteiger charge is -2.05. The predicted molar refractivity (Wildman–Crippen MR) is 51.0 cm³/mol. The van der Waals surface area contributed by atoms with Gasteiger partial charge in [-0.05, 0) is 26.2 Å². The highest BCUT2D eigenvalue weighted by atomic mass is 16.1. The summed E-state index contributed by atoms with van der Waals surface area (Å²) in [6.07, 6.45) is 10.6. The Morgan fingerprint density at radius 3 is 2.67 bits per heavy atom. The summed E-state index contributed by atoms with van der Waals surface area (Å²) >= 11 is 0. The Hall–Kier alpha value is -0.590. The molecule has 1 aliphatic carbocycles. The van der Waals surface area contributed by atoms with Crippen LogP contribution in [0.25, 0.3) is 0 Å². The van der Waals surface area contributed by atoms with E-state index in [-0.39, 0.29) is 0 Å². The standard InChI is InChI=1S/C11H18O/c1-2-3-4-9-11(12)10-7-5-6-8-10/h2-3,10H,4-9H2,1H3/b3-2+. The van der Waals surface area contributed by atoms with Crippen molar-refractivity contribution in [2.45, 2.75) is 45.4 Å². The Bertz CT molecular complexity index is 164. The average molecular weight is 166 g/mol. The summed E-state index contributed by atoms with van der Waals surface area (Å²) in [7, 11) is 0. The zero-order valence-electron chi connectivity index (χ0n) is 7.88. The maximum absolute atomic E-state index is 11.5. The van der Waals surface area contributed by atoms with Crippen molar-refractivity contribution in [1.82, 2.24) is 0 Å². The van der Waals surface area contributed by atoms with E-state index >= 15 is 0 Å². The van der Waals surface area contributed by atoms with Crippen LogP contribution in [-0.4, -0.2) is 5.78 Å². The fraction of sp³-hybridized carbons (Fsp3) is 0.727. The molecule has 1 heteroatoms. The summed E-state index contributed by atoms with van der Waals surface area (Å²) in [5.41, 5.74) is 0. The number of Topliss-reactive ketones (excluding diaryl/α,β-unsaturated/α-hetero) is 1. The summed E-state index contributed by atoms with van der Waals surface area (Å²) in [5.74, 6) is 0.904. The Kier molecular flexibility index (Phi) is 4.06. The van der Waals surface area contributed by atoms with E-state index < -0.39 is 0 Å². The fourth-order valence-corrected chi connectivity index (χ4v) is 1.84. The van der Waals surface area contributed by atoms with Gasteiger partial charge in [0, 0.05) is 12.3 Å². The fourth-order valence-electron chi connectivity index (χ4n) is 1.84. The number of hydrogen-bond acceptors (Lipinski definition) is 1. The van der Waals surface area contributed by atoms with E-state index in [2.05, 4.69) is 6.08 Å². The van der Waals surface area contributed by atoms with E-state index in [0.29, 0.717) is 11.7 Å². The van der Waals surface area contributed by atoms with Crippen LogP contribution >= 0.6 is 0 Å². The number of carbonyl (C=O) groups excluding carboxylic acids is 1. The molecule has 12 heavy (non-hydrogen) atoms. The van der Waals surface area contributed by atoms with Gasteiger partial charge >= 0.3 is 0 Å². The highest BCUT2D eigenvalue weighted by molar-refractivity contribution is 5.81. The number of carbonyl (C=O) groups is 1. The number of ketones is 1. The average Bonchev–Trinajstić information content (AvgIpc) is 2.56. The third-order valence-corrected chi connectivity index (χ3v) is 2.60. The maximum Gasteiger partial charge on any atom is 0.136 e. The lowest BCUT2D eigenvalue weighted by molar-refractivity contribution is -0.122. The van der Waals surface area contributed by atoms with Crippen LogP contribution in [0.2, 0.25) is 0 Å². The van der Waals surface area contributed by atoms with Gasteiger partial charge in [-0.1, -0.05) is 25.0 Å². The van der Waals surface area contributed by atoms with Gasteiger partial charge in [-0.15, -0.1) is 0 Å². The number of hydrogen-bond donors (Lipinski definition) is 0. The van der Waals surface area contributed by atoms with Crippen molar-refractivity contribution in [3.8, 4) is 0 Å². The first kappa shape index (κ1) is 9.50. The van der Waals surface area contributed by atoms with E-state index in [9.17, 15) is 4.79 Å². The van der Waals surface area contributed by atoms with Crippen molar-refractivity contribution < 1.29 is 4.79 Å². The molecular weight excluding hydrogens is 148 g/mol. The summed E-state index contributed by atoms with van der Waals surface area (Å²) in [6.45, 7) is 2.00. The van der Waals surface area contributed by atoms with Crippen LogP contribution in [0.15, 0.2) is 12.2 Å². The van der Waals surface area contributed by atoms with Gasteiger partial charge < -0.3 is 0 Å². The third-order valence-electron chi connectivity index (χ3n) is 2.60. The molecule has 1 nitrogen and oxygen atoms in total. The van der Waals surface area contributed by atoms with Crippen LogP contribution in [0, 0.1) is 5.92 Å². The van der Waals surface area contributed by atoms with E-state index in [4.69, 9.17) is 0 Å². The highest BCUT2D eigenvalue weighted by Crippen LogP contribution is 2.26. The molecule has 1 saturated carbocycles. The molecule has 0 saturated heterocycles. The van der Waals surface area contributed by atoms with E-state index in [0.717, 1.165) is 25.7 Å². The molecule has 0 atom stereocenters. The lowest BCUT2D eigenvalue weighted by atomic mass is 9.99. The van der Waals surface area contributed by atoms with Crippen LogP contribution in [0.5, 0.6) is 0 Å². The monoisotopic (exact) mass is 166 g/mol. The highest BCUT2D eigenvalue weighted by Gasteiger charge is 2.21. The third kappa shape index (κ3) is 2.80. The van der Waals surface area contributed by atoms with Crippen molar-refractivity contribution in [3.63, 3.8) is 0 Å². The molecule has 1 aliphatic rings. The van der Waals surface area contributed by atoms with Crippen molar-refractivity contribution in [2.24, 2.45) is 5.92 Å². The van der Waals surface area contributed by atoms with Gasteiger partial charge in [0.2, 0.25) is 0 Å². The first-order valence-electron chi connectivity index (χ1n) is 4.98. The predicted octanol–water partition coefficient (Wildman–Crippen LogP) is 3.10. The van der Waals surface area contributed by atoms with Crippen molar-refractivity contribution in [2.75, 3.05) is 0 Å². The van der Waals surface area contributed by atoms with Crippen LogP contribution in [0.3, 0.4) is 0 Å². The first-order valence-corrected chi connectivity index (χ1v) is 4.98. The Balaban J connectivity index is 2.18. The molecule has 0 bridgehead atoms. The van der Waals surface area contributed by atoms with Crippen molar-refractivity contribution in [3.05, 3.63) is 12.2 Å². The van der Waals surface area contributed by atoms with Crippen LogP contribution in [0.1, 0.15) is 45.4 Å². The molecule has 0 heterocycles. The van der Waals surface area contributed by atoms with Gasteiger partial charge in [0.15, 0.2) is 0 Å². The second kappa shape index (κ2) is 5.13. The summed E-state index contributed by atoms with van der Waals surface area (Å²) in [4.78, 5) is 11.5. The Morgan fingerprint density at radius 1 is 1.42 bits per heavy atom. The molecule has 0 spiro atoms. The summed E-state index contributed by atoms with van der Waals surface area (Å²) < 4.78 is 0. The largest absolute Gasteiger partial charge is 0.299 e. The summed E-state index contributed by atoms with van der Waals surface area (Å²) in [6, 6.07) is 0. The summed E-state index contributed by atoms with van der Waals surface area (Å²) in [5, 5.41) is 0. The Morgan fingerprint density at radius 2 is 2.08 bits per heavy atom. The molecule has 0 unspecified atom stereocenters. The molecule has 1 rings (SSSR count). The molecule has 68 valence electrons. The zero-order valence-corrected chi connectivity index (χ0v) is 7.88. The number of allylic oxidation sites excluding steroid dienone is 2. The normalized spacial score (nSPS) is 19.1. The quantitative estimate of drug-likeness (QED) is 0.586. The van der Waals surface area contributed by atoms with E-state index in [1.807, 2.05) is 13.0 Å². The van der Waals surface area contributed by atoms with E-state index in [1.54, 1.807) is 0 Å². The van der Waals surface area contributed by atoms with Gasteiger partial charge in [0.25, 0.3) is 0 Å². The maximum atomic E-state index is 11.5. The molecule has 0 radical (unpaired) electrons. The van der Waals surface area contributed by atoms with Gasteiger partial charge in [-0.2, -0.15) is 0 Å². The zero-order chi connectivity index (χ0) is 8.81. The number of rotatable bonds is 4. The van der Waals surface area contributed by atoms with Gasteiger partial charge in [0.1, 0.15) is 5.78 Å². The second-order valence-corrected chi connectivity index (χ2v) is 3.56. The van der Waals surface area contributed by atoms with Crippen molar-refractivity contribution in [1.29, 1.82) is 0 Å². The first-order chi connectivity index (χ1) is 5.84. The molecule has 1 fully saturated rings. The molecule has 0 aromatic carbocycles. The minimum absolute atomic E-state index is 0.412. The molecular formula is C11H18O. The Labute approximate surface area is 74.9 Å². The molecule has 0 aromatic heterocycles. The topological polar surface area (TPSA) is 17.1 Å². The van der Waals surface area contributed by atoms with E-state index in [1.165, 1.54) is 12.8 Å². The molecule has 0 aromatic rings. The molecule has 0 N–H and O–H groups in total. The molecule has 0 aliphatic heterocycles. The van der Waals surface area contributed by atoms with Crippen LogP contribution in [-0.2, 0) is 4.79 Å². The van der Waals surface area contributed by atoms with Crippen LogP contribution < -0.4 is 0 Å².